The fourth-order valence-electron chi connectivity index (χ4n) is 0. The van der Waals surface area contributed by atoms with Crippen molar-refractivity contribution in [3.8, 4) is 0 Å². The summed E-state index contributed by atoms with van der Waals surface area (Å²) in [6.07, 6.45) is 0. The van der Waals surface area contributed by atoms with Crippen molar-refractivity contribution in [3.05, 3.63) is 0 Å². The molecule has 0 aromatic carbocycles. The van der Waals surface area contributed by atoms with Crippen molar-refractivity contribution in [1.82, 2.24) is 0 Å². The van der Waals surface area contributed by atoms with Crippen LogP contribution in [0.15, 0.2) is 0 Å². The molecule has 20 N–H and O–H groups in total. The number of hydrogen-bond acceptors (Lipinski definition) is 2. The zero-order chi connectivity index (χ0) is 4.50. The molecule has 0 rings (SSSR count). The summed E-state index contributed by atoms with van der Waals surface area (Å²) in [6, 6.07) is 0. The van der Waals surface area contributed by atoms with Gasteiger partial charge in [-0.25, -0.2) is 0 Å². The van der Waals surface area contributed by atoms with Gasteiger partial charge in [0.15, 0.2) is 0 Å². The monoisotopic (exact) mass is 332 g/mol. The first-order valence-corrected chi connectivity index (χ1v) is 2.10. The summed E-state index contributed by atoms with van der Waals surface area (Å²) < 4.78 is 31.6. The third-order valence-corrected chi connectivity index (χ3v) is 0. The van der Waals surface area contributed by atoms with Crippen LogP contribution in [0, 0.1) is 0 Å². The molecular weight excluding hydrogens is 310 g/mol. The molecular formula is H23GaO13S. The normalized spacial score (nSPS) is 3.87. The second kappa shape index (κ2) is 64.7. The Balaban J connectivity index is -0.00000000178. The molecule has 15 heteroatoms. The summed E-state index contributed by atoms with van der Waals surface area (Å²) >= 11 is 0. The first-order chi connectivity index (χ1) is 2.00. The molecule has 0 aromatic rings. The van der Waals surface area contributed by atoms with Crippen molar-refractivity contribution in [2.45, 2.75) is 0 Å². The van der Waals surface area contributed by atoms with Gasteiger partial charge < -0.3 is 49.3 Å². The molecule has 0 aliphatic rings. The van der Waals surface area contributed by atoms with Gasteiger partial charge in [-0.15, -0.1) is 0 Å². The van der Waals surface area contributed by atoms with Crippen LogP contribution in [-0.2, 0) is 10.4 Å². The van der Waals surface area contributed by atoms with Gasteiger partial charge in [0, 0.05) is 0 Å². The zero-order valence-electron chi connectivity index (χ0n) is 6.62. The Morgan fingerprint density at radius 2 is 0.533 bits per heavy atom. The molecule has 0 saturated carbocycles. The van der Waals surface area contributed by atoms with Crippen molar-refractivity contribution in [1.29, 1.82) is 0 Å². The van der Waals surface area contributed by atoms with Crippen LogP contribution < -0.4 is 0 Å². The molecule has 15 heavy (non-hydrogen) atoms. The average molecular weight is 333 g/mol. The van der Waals surface area contributed by atoms with E-state index in [4.69, 9.17) is 17.5 Å². The molecule has 0 spiro atoms. The van der Waals surface area contributed by atoms with Crippen LogP contribution in [0.1, 0.15) is 0 Å². The first-order valence-electron chi connectivity index (χ1n) is 0.698. The molecule has 0 aliphatic carbocycles. The van der Waals surface area contributed by atoms with Gasteiger partial charge in [-0.2, -0.15) is 8.42 Å². The molecule has 0 fully saturated rings. The second-order valence-corrected chi connectivity index (χ2v) is 1.34. The standard InChI is InChI=1S/Ga.H2O4S.9H2O.3H/c;1-5(2,3)4;;;;;;;;;;;;/h;(H2,1,2,3,4);9*1H2;;;. The Bertz CT molecular complexity index is 93.7. The van der Waals surface area contributed by atoms with Crippen LogP contribution in [0.5, 0.6) is 0 Å². The van der Waals surface area contributed by atoms with Crippen LogP contribution in [-0.4, -0.2) is 86.6 Å². The van der Waals surface area contributed by atoms with Gasteiger partial charge >= 0.3 is 30.2 Å². The van der Waals surface area contributed by atoms with Gasteiger partial charge in [-0.05, 0) is 0 Å². The molecule has 0 bridgehead atoms. The quantitative estimate of drug-likeness (QED) is 0.321. The topological polar surface area (TPSA) is 358 Å². The predicted octanol–water partition coefficient (Wildman–Crippen LogP) is -9.26. The van der Waals surface area contributed by atoms with Gasteiger partial charge in [-0.3, -0.25) is 9.11 Å². The number of hydrogen-bond donors (Lipinski definition) is 2. The first kappa shape index (κ1) is 176. The Morgan fingerprint density at radius 1 is 0.533 bits per heavy atom. The molecule has 13 nitrogen and oxygen atoms in total. The minimum absolute atomic E-state index is 0. The third kappa shape index (κ3) is 97400. The minimum atomic E-state index is -4.67. The summed E-state index contributed by atoms with van der Waals surface area (Å²) in [5.74, 6) is 0. The third-order valence-electron chi connectivity index (χ3n) is 0. The van der Waals surface area contributed by atoms with Crippen molar-refractivity contribution < 1.29 is 66.8 Å². The van der Waals surface area contributed by atoms with E-state index in [1.54, 1.807) is 0 Å². The van der Waals surface area contributed by atoms with Crippen molar-refractivity contribution in [2.75, 3.05) is 0 Å². The van der Waals surface area contributed by atoms with Gasteiger partial charge in [-0.1, -0.05) is 0 Å². The van der Waals surface area contributed by atoms with Gasteiger partial charge in [0.1, 0.15) is 0 Å². The average Bonchev–Trinajstić information content (AvgIpc) is 0.722. The molecule has 0 amide bonds. The van der Waals surface area contributed by atoms with Crippen LogP contribution in [0.2, 0.25) is 0 Å². The van der Waals surface area contributed by atoms with E-state index < -0.39 is 10.4 Å². The molecule has 0 atom stereocenters. The van der Waals surface area contributed by atoms with E-state index in [0.717, 1.165) is 0 Å². The Kier molecular flexibility index (Phi) is 761. The van der Waals surface area contributed by atoms with E-state index in [1.807, 2.05) is 0 Å². The van der Waals surface area contributed by atoms with E-state index in [2.05, 4.69) is 0 Å². The van der Waals surface area contributed by atoms with E-state index in [9.17, 15) is 0 Å². The second-order valence-electron chi connectivity index (χ2n) is 0.448. The predicted molar refractivity (Wildman–Crippen MR) is 56.6 cm³/mol. The van der Waals surface area contributed by atoms with E-state index in [0.29, 0.717) is 0 Å². The van der Waals surface area contributed by atoms with Crippen LogP contribution in [0.25, 0.3) is 0 Å². The van der Waals surface area contributed by atoms with Crippen LogP contribution >= 0.6 is 0 Å². The molecule has 0 aliphatic heterocycles. The van der Waals surface area contributed by atoms with E-state index >= 15 is 0 Å². The van der Waals surface area contributed by atoms with Gasteiger partial charge in [0.2, 0.25) is 0 Å². The fraction of sp³-hybridized carbons (Fsp3) is 0. The maximum absolute atomic E-state index is 8.74. The summed E-state index contributed by atoms with van der Waals surface area (Å²) in [4.78, 5) is 0. The van der Waals surface area contributed by atoms with Gasteiger partial charge in [0.25, 0.3) is 0 Å². The molecule has 0 unspecified atom stereocenters. The summed E-state index contributed by atoms with van der Waals surface area (Å²) in [6.45, 7) is 0. The van der Waals surface area contributed by atoms with Crippen LogP contribution in [0.3, 0.4) is 0 Å². The number of rotatable bonds is 0. The molecule has 110 valence electrons. The molecule has 0 saturated heterocycles. The summed E-state index contributed by atoms with van der Waals surface area (Å²) in [5.41, 5.74) is 0. The van der Waals surface area contributed by atoms with Crippen LogP contribution in [0.4, 0.5) is 0 Å². The van der Waals surface area contributed by atoms with Gasteiger partial charge in [0.05, 0.1) is 0 Å². The van der Waals surface area contributed by atoms with Crippen molar-refractivity contribution >= 4 is 30.2 Å². The maximum atomic E-state index is 8.74. The summed E-state index contributed by atoms with van der Waals surface area (Å²) in [7, 11) is -4.67. The van der Waals surface area contributed by atoms with Crippen molar-refractivity contribution in [3.63, 3.8) is 0 Å². The Morgan fingerprint density at radius 3 is 0.533 bits per heavy atom. The zero-order valence-corrected chi connectivity index (χ0v) is 7.44. The SMILES string of the molecule is O.O.O.O.O.O.O.O.O.O=S(=O)(O)O.[GaH3]. The van der Waals surface area contributed by atoms with Crippen molar-refractivity contribution in [2.24, 2.45) is 0 Å². The fourth-order valence-corrected chi connectivity index (χ4v) is 0. The molecule has 0 radical (unpaired) electrons. The summed E-state index contributed by atoms with van der Waals surface area (Å²) in [5, 5.41) is 0. The van der Waals surface area contributed by atoms with E-state index in [1.165, 1.54) is 0 Å². The van der Waals surface area contributed by atoms with E-state index in [-0.39, 0.29) is 69.1 Å². The Labute approximate surface area is 97.5 Å². The Hall–Kier alpha value is 0.146. The molecule has 0 heterocycles. The molecule has 0 aromatic heterocycles.